The number of hydrogen-bond donors (Lipinski definition) is 2. The zero-order valence-electron chi connectivity index (χ0n) is 13.9. The Morgan fingerprint density at radius 3 is 2.65 bits per heavy atom. The number of aliphatic imine (C=N–C) groups is 1. The van der Waals surface area contributed by atoms with Crippen LogP contribution in [0.5, 0.6) is 0 Å². The van der Waals surface area contributed by atoms with Crippen LogP contribution in [0.3, 0.4) is 0 Å². The van der Waals surface area contributed by atoms with Crippen LogP contribution in [0.4, 0.5) is 0 Å². The summed E-state index contributed by atoms with van der Waals surface area (Å²) >= 11 is 1.84. The molecule has 2 aromatic heterocycles. The maximum atomic E-state index is 4.58. The number of thiophene rings is 1. The van der Waals surface area contributed by atoms with Crippen molar-refractivity contribution in [3.05, 3.63) is 34.0 Å². The van der Waals surface area contributed by atoms with Gasteiger partial charge in [-0.2, -0.15) is 0 Å². The van der Waals surface area contributed by atoms with E-state index in [1.54, 1.807) is 6.33 Å². The van der Waals surface area contributed by atoms with E-state index in [9.17, 15) is 0 Å². The molecule has 2 heterocycles. The lowest BCUT2D eigenvalue weighted by Crippen LogP contribution is -2.36. The molecule has 23 heavy (non-hydrogen) atoms. The van der Waals surface area contributed by atoms with Gasteiger partial charge in [0.05, 0.1) is 6.54 Å². The molecule has 128 valence electrons. The minimum absolute atomic E-state index is 0. The molecule has 0 saturated carbocycles. The van der Waals surface area contributed by atoms with Crippen LogP contribution in [-0.4, -0.2) is 27.3 Å². The minimum atomic E-state index is 0. The predicted molar refractivity (Wildman–Crippen MR) is 106 cm³/mol. The molecule has 0 unspecified atom stereocenters. The monoisotopic (exact) mass is 448 g/mol. The quantitative estimate of drug-likeness (QED) is 0.389. The molecule has 0 saturated heterocycles. The fourth-order valence-corrected chi connectivity index (χ4v) is 2.93. The lowest BCUT2D eigenvalue weighted by Gasteiger charge is -2.10. The van der Waals surface area contributed by atoms with E-state index in [4.69, 9.17) is 0 Å². The second-order valence-corrected chi connectivity index (χ2v) is 6.06. The smallest absolute Gasteiger partial charge is 0.191 e. The van der Waals surface area contributed by atoms with Crippen LogP contribution in [0, 0.1) is 0 Å². The van der Waals surface area contributed by atoms with Crippen LogP contribution >= 0.6 is 35.3 Å². The van der Waals surface area contributed by atoms with E-state index in [0.29, 0.717) is 6.54 Å². The van der Waals surface area contributed by atoms with Crippen molar-refractivity contribution in [3.63, 3.8) is 0 Å². The van der Waals surface area contributed by atoms with Crippen LogP contribution in [0.15, 0.2) is 23.5 Å². The van der Waals surface area contributed by atoms with Gasteiger partial charge < -0.3 is 15.2 Å². The summed E-state index contributed by atoms with van der Waals surface area (Å²) in [6, 6.07) is 4.36. The lowest BCUT2D eigenvalue weighted by atomic mass is 10.4. The minimum Gasteiger partial charge on any atom is -0.357 e. The number of nitrogens with zero attached hydrogens (tertiary/aromatic N) is 4. The van der Waals surface area contributed by atoms with E-state index >= 15 is 0 Å². The fourth-order valence-electron chi connectivity index (χ4n) is 2.04. The SMILES string of the molecule is CCNC(=NCc1nncn1CC)NCc1ccc(CC)s1.I. The maximum Gasteiger partial charge on any atom is 0.191 e. The molecule has 0 aliphatic carbocycles. The van der Waals surface area contributed by atoms with E-state index in [0.717, 1.165) is 37.8 Å². The highest BCUT2D eigenvalue weighted by molar-refractivity contribution is 14.0. The Kier molecular flexibility index (Phi) is 9.15. The lowest BCUT2D eigenvalue weighted by molar-refractivity contribution is 0.694. The summed E-state index contributed by atoms with van der Waals surface area (Å²) in [5.74, 6) is 1.68. The fraction of sp³-hybridized carbons (Fsp3) is 0.533. The van der Waals surface area contributed by atoms with E-state index < -0.39 is 0 Å². The summed E-state index contributed by atoms with van der Waals surface area (Å²) in [6.07, 6.45) is 2.83. The van der Waals surface area contributed by atoms with Gasteiger partial charge in [-0.05, 0) is 32.4 Å². The van der Waals surface area contributed by atoms with Crippen molar-refractivity contribution in [2.24, 2.45) is 4.99 Å². The van der Waals surface area contributed by atoms with Gasteiger partial charge in [0.15, 0.2) is 11.8 Å². The number of rotatable bonds is 7. The first-order valence-corrected chi connectivity index (χ1v) is 8.54. The second-order valence-electron chi connectivity index (χ2n) is 4.80. The number of guanidine groups is 1. The zero-order valence-corrected chi connectivity index (χ0v) is 17.0. The highest BCUT2D eigenvalue weighted by Crippen LogP contribution is 2.16. The predicted octanol–water partition coefficient (Wildman–Crippen LogP) is 2.80. The molecular formula is C15H25IN6S. The molecule has 0 aliphatic heterocycles. The highest BCUT2D eigenvalue weighted by atomic mass is 127. The van der Waals surface area contributed by atoms with Crippen LogP contribution in [0.1, 0.15) is 36.3 Å². The van der Waals surface area contributed by atoms with Gasteiger partial charge in [0.2, 0.25) is 0 Å². The van der Waals surface area contributed by atoms with Gasteiger partial charge >= 0.3 is 0 Å². The Morgan fingerprint density at radius 1 is 1.22 bits per heavy atom. The van der Waals surface area contributed by atoms with Crippen LogP contribution in [0.25, 0.3) is 0 Å². The van der Waals surface area contributed by atoms with Crippen molar-refractivity contribution in [2.45, 2.75) is 46.8 Å². The van der Waals surface area contributed by atoms with Crippen LogP contribution in [-0.2, 0) is 26.1 Å². The van der Waals surface area contributed by atoms with Crippen molar-refractivity contribution in [2.75, 3.05) is 6.54 Å². The third kappa shape index (κ3) is 6.09. The molecular weight excluding hydrogens is 423 g/mol. The van der Waals surface area contributed by atoms with Crippen LogP contribution in [0.2, 0.25) is 0 Å². The van der Waals surface area contributed by atoms with Crippen molar-refractivity contribution in [1.29, 1.82) is 0 Å². The molecule has 6 nitrogen and oxygen atoms in total. The van der Waals surface area contributed by atoms with Crippen molar-refractivity contribution >= 4 is 41.3 Å². The Balaban J connectivity index is 0.00000264. The first-order valence-electron chi connectivity index (χ1n) is 7.73. The maximum absolute atomic E-state index is 4.58. The second kappa shape index (κ2) is 10.6. The summed E-state index contributed by atoms with van der Waals surface area (Å²) in [6.45, 7) is 9.31. The van der Waals surface area contributed by atoms with Gasteiger partial charge in [-0.1, -0.05) is 6.92 Å². The van der Waals surface area contributed by atoms with E-state index in [1.165, 1.54) is 9.75 Å². The van der Waals surface area contributed by atoms with Gasteiger partial charge in [0, 0.05) is 22.8 Å². The zero-order chi connectivity index (χ0) is 15.8. The molecule has 0 aliphatic rings. The summed E-state index contributed by atoms with van der Waals surface area (Å²) in [7, 11) is 0. The molecule has 0 atom stereocenters. The number of nitrogens with one attached hydrogen (secondary N) is 2. The average Bonchev–Trinajstić information content (AvgIpc) is 3.18. The topological polar surface area (TPSA) is 67.1 Å². The Morgan fingerprint density at radius 2 is 2.00 bits per heavy atom. The summed E-state index contributed by atoms with van der Waals surface area (Å²) < 4.78 is 2.00. The van der Waals surface area contributed by atoms with Gasteiger partial charge in [-0.15, -0.1) is 45.5 Å². The molecule has 8 heteroatoms. The van der Waals surface area contributed by atoms with Crippen molar-refractivity contribution in [3.8, 4) is 0 Å². The largest absolute Gasteiger partial charge is 0.357 e. The van der Waals surface area contributed by atoms with Gasteiger partial charge in [-0.3, -0.25) is 0 Å². The van der Waals surface area contributed by atoms with Gasteiger partial charge in [0.25, 0.3) is 0 Å². The molecule has 0 bridgehead atoms. The Bertz CT molecular complexity index is 607. The average molecular weight is 448 g/mol. The Labute approximate surface area is 158 Å². The van der Waals surface area contributed by atoms with Crippen LogP contribution < -0.4 is 10.6 Å². The third-order valence-corrected chi connectivity index (χ3v) is 4.48. The molecule has 2 aromatic rings. The van der Waals surface area contributed by atoms with E-state index in [1.807, 2.05) is 15.9 Å². The van der Waals surface area contributed by atoms with E-state index in [-0.39, 0.29) is 24.0 Å². The van der Waals surface area contributed by atoms with Gasteiger partial charge in [0.1, 0.15) is 12.9 Å². The molecule has 0 aromatic carbocycles. The number of aryl methyl sites for hydroxylation is 2. The van der Waals surface area contributed by atoms with Crippen molar-refractivity contribution < 1.29 is 0 Å². The first-order chi connectivity index (χ1) is 10.8. The number of hydrogen-bond acceptors (Lipinski definition) is 4. The highest BCUT2D eigenvalue weighted by Gasteiger charge is 2.04. The van der Waals surface area contributed by atoms with E-state index in [2.05, 4.69) is 58.7 Å². The molecule has 0 amide bonds. The molecule has 0 radical (unpaired) electrons. The van der Waals surface area contributed by atoms with Gasteiger partial charge in [-0.25, -0.2) is 4.99 Å². The Hall–Kier alpha value is -1.16. The standard InChI is InChI=1S/C15H24N6S.HI/c1-4-12-7-8-13(22-12)9-17-15(16-5-2)18-10-14-20-19-11-21(14)6-3;/h7-8,11H,4-6,9-10H2,1-3H3,(H2,16,17,18);1H. The summed E-state index contributed by atoms with van der Waals surface area (Å²) in [4.78, 5) is 7.31. The first kappa shape index (κ1) is 19.9. The number of aromatic nitrogens is 3. The molecule has 0 spiro atoms. The normalized spacial score (nSPS) is 11.2. The number of halogens is 1. The molecule has 2 rings (SSSR count). The summed E-state index contributed by atoms with van der Waals surface area (Å²) in [5, 5.41) is 14.7. The molecule has 2 N–H and O–H groups in total. The van der Waals surface area contributed by atoms with Crippen molar-refractivity contribution in [1.82, 2.24) is 25.4 Å². The third-order valence-electron chi connectivity index (χ3n) is 3.26. The molecule has 0 fully saturated rings. The summed E-state index contributed by atoms with van der Waals surface area (Å²) in [5.41, 5.74) is 0.